The Bertz CT molecular complexity index is 482. The molecule has 1 N–H and O–H groups in total. The van der Waals surface area contributed by atoms with E-state index in [1.165, 1.54) is 6.08 Å². The fourth-order valence-electron chi connectivity index (χ4n) is 1.44. The van der Waals surface area contributed by atoms with Crippen LogP contribution in [0, 0.1) is 0 Å². The van der Waals surface area contributed by atoms with Gasteiger partial charge in [0.2, 0.25) is 0 Å². The predicted octanol–water partition coefficient (Wildman–Crippen LogP) is 2.73. The molecule has 18 heavy (non-hydrogen) atoms. The summed E-state index contributed by atoms with van der Waals surface area (Å²) in [6.07, 6.45) is -2.58. The highest BCUT2D eigenvalue weighted by molar-refractivity contribution is 5.99. The molecule has 6 heteroatoms. The van der Waals surface area contributed by atoms with Crippen molar-refractivity contribution in [2.45, 2.75) is 18.4 Å². The molecule has 2 rings (SSSR count). The molecule has 0 spiro atoms. The van der Waals surface area contributed by atoms with Crippen molar-refractivity contribution in [3.05, 3.63) is 42.0 Å². The van der Waals surface area contributed by atoms with Crippen LogP contribution >= 0.6 is 0 Å². The maximum Gasteiger partial charge on any atom is 0.458 e. The molecule has 1 aromatic rings. The molecule has 1 heterocycles. The van der Waals surface area contributed by atoms with Crippen molar-refractivity contribution in [1.82, 2.24) is 0 Å². The van der Waals surface area contributed by atoms with Gasteiger partial charge in [-0.05, 0) is 11.6 Å². The van der Waals surface area contributed by atoms with Crippen LogP contribution in [0.1, 0.15) is 12.0 Å². The highest BCUT2D eigenvalue weighted by atomic mass is 19.4. The zero-order valence-electron chi connectivity index (χ0n) is 9.19. The van der Waals surface area contributed by atoms with Gasteiger partial charge in [-0.25, -0.2) is 0 Å². The van der Waals surface area contributed by atoms with Gasteiger partial charge in [-0.3, -0.25) is 0 Å². The van der Waals surface area contributed by atoms with E-state index in [1.54, 1.807) is 30.3 Å². The number of alkyl halides is 3. The summed E-state index contributed by atoms with van der Waals surface area (Å²) in [5.74, 6) is -3.20. The SMILES string of the molecule is O[C@]1(C(F)(F)F)CC(/C=C\c2ccccc2)=NO1. The van der Waals surface area contributed by atoms with Crippen LogP contribution in [0.4, 0.5) is 13.2 Å². The van der Waals surface area contributed by atoms with E-state index in [0.717, 1.165) is 5.56 Å². The second-order valence-corrected chi connectivity index (χ2v) is 3.88. The molecule has 0 saturated carbocycles. The summed E-state index contributed by atoms with van der Waals surface area (Å²) >= 11 is 0. The van der Waals surface area contributed by atoms with Gasteiger partial charge in [-0.1, -0.05) is 41.6 Å². The molecule has 0 saturated heterocycles. The highest BCUT2D eigenvalue weighted by Crippen LogP contribution is 2.37. The maximum absolute atomic E-state index is 12.4. The molecule has 1 aromatic carbocycles. The number of hydrogen-bond acceptors (Lipinski definition) is 3. The van der Waals surface area contributed by atoms with Crippen molar-refractivity contribution in [3.8, 4) is 0 Å². The van der Waals surface area contributed by atoms with E-state index in [2.05, 4.69) is 9.99 Å². The van der Waals surface area contributed by atoms with Gasteiger partial charge in [0.25, 0.3) is 0 Å². The highest BCUT2D eigenvalue weighted by Gasteiger charge is 2.60. The van der Waals surface area contributed by atoms with Crippen LogP contribution in [0.25, 0.3) is 6.08 Å². The molecule has 0 bridgehead atoms. The number of aliphatic hydroxyl groups is 1. The van der Waals surface area contributed by atoms with E-state index < -0.39 is 18.4 Å². The zero-order chi connectivity index (χ0) is 13.2. The maximum atomic E-state index is 12.4. The van der Waals surface area contributed by atoms with E-state index in [0.29, 0.717) is 0 Å². The summed E-state index contributed by atoms with van der Waals surface area (Å²) < 4.78 is 37.2. The first-order valence-electron chi connectivity index (χ1n) is 5.18. The first kappa shape index (κ1) is 12.6. The topological polar surface area (TPSA) is 41.8 Å². The number of allylic oxidation sites excluding steroid dienone is 1. The lowest BCUT2D eigenvalue weighted by Crippen LogP contribution is -2.45. The van der Waals surface area contributed by atoms with Crippen molar-refractivity contribution in [2.24, 2.45) is 5.16 Å². The quantitative estimate of drug-likeness (QED) is 0.885. The Kier molecular flexibility index (Phi) is 3.13. The molecule has 0 aromatic heterocycles. The zero-order valence-corrected chi connectivity index (χ0v) is 9.19. The minimum Gasteiger partial charge on any atom is -0.350 e. The van der Waals surface area contributed by atoms with Gasteiger partial charge in [0.1, 0.15) is 0 Å². The normalized spacial score (nSPS) is 24.1. The molecule has 3 nitrogen and oxygen atoms in total. The Morgan fingerprint density at radius 2 is 1.89 bits per heavy atom. The second-order valence-electron chi connectivity index (χ2n) is 3.88. The standard InChI is InChI=1S/C12H10F3NO2/c13-12(14,15)11(17)8-10(16-18-11)7-6-9-4-2-1-3-5-9/h1-7,17H,8H2/b7-6-/t11-/m1/s1. The number of hydrogen-bond donors (Lipinski definition) is 1. The van der Waals surface area contributed by atoms with Crippen molar-refractivity contribution < 1.29 is 23.1 Å². The Labute approximate surface area is 101 Å². The lowest BCUT2D eigenvalue weighted by molar-refractivity contribution is -0.355. The molecular formula is C12H10F3NO2. The minimum absolute atomic E-state index is 0.0404. The van der Waals surface area contributed by atoms with Crippen molar-refractivity contribution in [3.63, 3.8) is 0 Å². The van der Waals surface area contributed by atoms with Gasteiger partial charge in [0.15, 0.2) is 0 Å². The Morgan fingerprint density at radius 1 is 1.22 bits per heavy atom. The molecule has 96 valence electrons. The number of oxime groups is 1. The van der Waals surface area contributed by atoms with Crippen LogP contribution in [0.3, 0.4) is 0 Å². The molecule has 0 radical (unpaired) electrons. The lowest BCUT2D eigenvalue weighted by Gasteiger charge is -2.22. The monoisotopic (exact) mass is 257 g/mol. The van der Waals surface area contributed by atoms with Crippen LogP contribution in [0.15, 0.2) is 41.6 Å². The third-order valence-electron chi connectivity index (χ3n) is 2.45. The first-order valence-corrected chi connectivity index (χ1v) is 5.18. The summed E-state index contributed by atoms with van der Waals surface area (Å²) in [5, 5.41) is 12.4. The average molecular weight is 257 g/mol. The molecule has 1 atom stereocenters. The van der Waals surface area contributed by atoms with Gasteiger partial charge in [-0.2, -0.15) is 13.2 Å². The van der Waals surface area contributed by atoms with Crippen molar-refractivity contribution in [2.75, 3.05) is 0 Å². The molecule has 1 aliphatic heterocycles. The van der Waals surface area contributed by atoms with Crippen LogP contribution in [-0.4, -0.2) is 22.8 Å². The summed E-state index contributed by atoms with van der Waals surface area (Å²) in [6.45, 7) is 0. The lowest BCUT2D eigenvalue weighted by atomic mass is 10.1. The van der Waals surface area contributed by atoms with Crippen molar-refractivity contribution >= 4 is 11.8 Å². The Balaban J connectivity index is 2.04. The third-order valence-corrected chi connectivity index (χ3v) is 2.45. The molecule has 0 unspecified atom stereocenters. The second kappa shape index (κ2) is 4.45. The van der Waals surface area contributed by atoms with E-state index in [4.69, 9.17) is 0 Å². The van der Waals surface area contributed by atoms with Crippen LogP contribution in [0.2, 0.25) is 0 Å². The fourth-order valence-corrected chi connectivity index (χ4v) is 1.44. The van der Waals surface area contributed by atoms with Gasteiger partial charge in [0.05, 0.1) is 12.1 Å². The Hall–Kier alpha value is -1.82. The van der Waals surface area contributed by atoms with Gasteiger partial charge in [-0.15, -0.1) is 0 Å². The molecule has 0 aliphatic carbocycles. The third kappa shape index (κ3) is 2.53. The molecule has 1 aliphatic rings. The largest absolute Gasteiger partial charge is 0.458 e. The number of benzene rings is 1. The molecular weight excluding hydrogens is 247 g/mol. The van der Waals surface area contributed by atoms with E-state index >= 15 is 0 Å². The van der Waals surface area contributed by atoms with Crippen LogP contribution < -0.4 is 0 Å². The van der Waals surface area contributed by atoms with Gasteiger partial charge >= 0.3 is 12.0 Å². The summed E-state index contributed by atoms with van der Waals surface area (Å²) in [4.78, 5) is 4.07. The van der Waals surface area contributed by atoms with Crippen LogP contribution in [-0.2, 0) is 4.84 Å². The average Bonchev–Trinajstić information content (AvgIpc) is 2.71. The van der Waals surface area contributed by atoms with Gasteiger partial charge in [0, 0.05) is 0 Å². The van der Waals surface area contributed by atoms with E-state index in [1.807, 2.05) is 6.07 Å². The number of rotatable bonds is 2. The molecule has 0 fully saturated rings. The van der Waals surface area contributed by atoms with Crippen molar-refractivity contribution in [1.29, 1.82) is 0 Å². The minimum atomic E-state index is -4.86. The summed E-state index contributed by atoms with van der Waals surface area (Å²) in [5.41, 5.74) is 0.862. The smallest absolute Gasteiger partial charge is 0.350 e. The predicted molar refractivity (Wildman–Crippen MR) is 59.6 cm³/mol. The van der Waals surface area contributed by atoms with E-state index in [9.17, 15) is 18.3 Å². The van der Waals surface area contributed by atoms with E-state index in [-0.39, 0.29) is 5.71 Å². The van der Waals surface area contributed by atoms with Crippen LogP contribution in [0.5, 0.6) is 0 Å². The first-order chi connectivity index (χ1) is 8.41. The van der Waals surface area contributed by atoms with Gasteiger partial charge < -0.3 is 9.94 Å². The fraction of sp³-hybridized carbons (Fsp3) is 0.250. The number of nitrogens with zero attached hydrogens (tertiary/aromatic N) is 1. The summed E-state index contributed by atoms with van der Waals surface area (Å²) in [6, 6.07) is 9.03. The summed E-state index contributed by atoms with van der Waals surface area (Å²) in [7, 11) is 0. The Morgan fingerprint density at radius 3 is 2.44 bits per heavy atom. The molecule has 0 amide bonds. The number of halogens is 3.